The highest BCUT2D eigenvalue weighted by atomic mass is 16.5. The van der Waals surface area contributed by atoms with Crippen molar-refractivity contribution in [3.8, 4) is 5.75 Å². The summed E-state index contributed by atoms with van der Waals surface area (Å²) in [4.78, 5) is 4.18. The van der Waals surface area contributed by atoms with Crippen molar-refractivity contribution in [1.29, 1.82) is 0 Å². The van der Waals surface area contributed by atoms with Crippen molar-refractivity contribution in [2.24, 2.45) is 5.73 Å². The lowest BCUT2D eigenvalue weighted by Crippen LogP contribution is -2.08. The van der Waals surface area contributed by atoms with E-state index in [0.717, 1.165) is 12.2 Å². The summed E-state index contributed by atoms with van der Waals surface area (Å²) in [5.74, 6) is 1.28. The SMILES string of the molecule is CC(C)Oc1cncc(C(C)CCN)c1. The van der Waals surface area contributed by atoms with E-state index in [1.54, 1.807) is 6.20 Å². The third-order valence-corrected chi connectivity index (χ3v) is 2.27. The lowest BCUT2D eigenvalue weighted by Gasteiger charge is -2.13. The molecule has 15 heavy (non-hydrogen) atoms. The molecule has 0 aliphatic heterocycles. The Balaban J connectivity index is 2.73. The number of hydrogen-bond donors (Lipinski definition) is 1. The third kappa shape index (κ3) is 3.88. The van der Waals surface area contributed by atoms with Gasteiger partial charge in [-0.25, -0.2) is 0 Å². The Hall–Kier alpha value is -1.09. The molecule has 0 bridgehead atoms. The number of hydrogen-bond acceptors (Lipinski definition) is 3. The first-order chi connectivity index (χ1) is 7.13. The first kappa shape index (κ1) is 12.0. The summed E-state index contributed by atoms with van der Waals surface area (Å²) in [5.41, 5.74) is 6.73. The van der Waals surface area contributed by atoms with Crippen molar-refractivity contribution in [3.63, 3.8) is 0 Å². The van der Waals surface area contributed by atoms with Crippen LogP contribution in [0.25, 0.3) is 0 Å². The highest BCUT2D eigenvalue weighted by molar-refractivity contribution is 5.26. The molecule has 0 aliphatic rings. The Kier molecular flexibility index (Phi) is 4.56. The standard InChI is InChI=1S/C12H20N2O/c1-9(2)15-12-6-11(7-14-8-12)10(3)4-5-13/h6-10H,4-5,13H2,1-3H3. The van der Waals surface area contributed by atoms with Crippen molar-refractivity contribution in [2.45, 2.75) is 39.2 Å². The van der Waals surface area contributed by atoms with Crippen LogP contribution in [-0.4, -0.2) is 17.6 Å². The van der Waals surface area contributed by atoms with Crippen LogP contribution in [0.4, 0.5) is 0 Å². The van der Waals surface area contributed by atoms with Gasteiger partial charge in [-0.3, -0.25) is 4.98 Å². The molecule has 0 aromatic carbocycles. The molecule has 0 fully saturated rings. The Bertz CT molecular complexity index is 299. The van der Waals surface area contributed by atoms with Crippen LogP contribution in [0.5, 0.6) is 5.75 Å². The van der Waals surface area contributed by atoms with E-state index in [4.69, 9.17) is 10.5 Å². The second kappa shape index (κ2) is 5.71. The molecule has 3 heteroatoms. The molecule has 0 radical (unpaired) electrons. The summed E-state index contributed by atoms with van der Waals surface area (Å²) >= 11 is 0. The molecule has 1 heterocycles. The van der Waals surface area contributed by atoms with Crippen LogP contribution >= 0.6 is 0 Å². The van der Waals surface area contributed by atoms with E-state index < -0.39 is 0 Å². The smallest absolute Gasteiger partial charge is 0.138 e. The van der Waals surface area contributed by atoms with Gasteiger partial charge in [0.2, 0.25) is 0 Å². The number of aromatic nitrogens is 1. The molecule has 0 aliphatic carbocycles. The molecule has 2 N–H and O–H groups in total. The van der Waals surface area contributed by atoms with Crippen molar-refractivity contribution >= 4 is 0 Å². The second-order valence-corrected chi connectivity index (χ2v) is 4.10. The molecule has 1 rings (SSSR count). The molecular weight excluding hydrogens is 188 g/mol. The topological polar surface area (TPSA) is 48.1 Å². The Labute approximate surface area is 91.7 Å². The van der Waals surface area contributed by atoms with Gasteiger partial charge in [-0.15, -0.1) is 0 Å². The quantitative estimate of drug-likeness (QED) is 0.807. The summed E-state index contributed by atoms with van der Waals surface area (Å²) in [6, 6.07) is 2.05. The Morgan fingerprint density at radius 2 is 2.07 bits per heavy atom. The minimum atomic E-state index is 0.187. The molecule has 1 unspecified atom stereocenters. The molecule has 1 aromatic rings. The minimum Gasteiger partial charge on any atom is -0.489 e. The van der Waals surface area contributed by atoms with Crippen molar-refractivity contribution in [2.75, 3.05) is 6.54 Å². The third-order valence-electron chi connectivity index (χ3n) is 2.27. The van der Waals surface area contributed by atoms with Gasteiger partial charge in [0.05, 0.1) is 12.3 Å². The van der Waals surface area contributed by atoms with Crippen molar-refractivity contribution in [3.05, 3.63) is 24.0 Å². The number of nitrogens with zero attached hydrogens (tertiary/aromatic N) is 1. The van der Waals surface area contributed by atoms with Crippen LogP contribution in [0.15, 0.2) is 18.5 Å². The molecule has 0 saturated carbocycles. The molecule has 0 saturated heterocycles. The van der Waals surface area contributed by atoms with Crippen LogP contribution in [0.2, 0.25) is 0 Å². The fourth-order valence-corrected chi connectivity index (χ4v) is 1.46. The Morgan fingerprint density at radius 3 is 2.67 bits per heavy atom. The number of rotatable bonds is 5. The fourth-order valence-electron chi connectivity index (χ4n) is 1.46. The van der Waals surface area contributed by atoms with Gasteiger partial charge < -0.3 is 10.5 Å². The monoisotopic (exact) mass is 208 g/mol. The normalized spacial score (nSPS) is 12.9. The van der Waals surface area contributed by atoms with Crippen LogP contribution in [-0.2, 0) is 0 Å². The van der Waals surface area contributed by atoms with Gasteiger partial charge in [0.15, 0.2) is 0 Å². The molecule has 1 atom stereocenters. The zero-order valence-electron chi connectivity index (χ0n) is 9.73. The van der Waals surface area contributed by atoms with Crippen LogP contribution in [0, 0.1) is 0 Å². The van der Waals surface area contributed by atoms with Gasteiger partial charge in [-0.1, -0.05) is 6.92 Å². The minimum absolute atomic E-state index is 0.187. The van der Waals surface area contributed by atoms with Crippen LogP contribution < -0.4 is 10.5 Å². The predicted molar refractivity (Wildman–Crippen MR) is 62.1 cm³/mol. The molecule has 3 nitrogen and oxygen atoms in total. The van der Waals surface area contributed by atoms with E-state index in [-0.39, 0.29) is 6.10 Å². The first-order valence-electron chi connectivity index (χ1n) is 5.45. The number of ether oxygens (including phenoxy) is 1. The largest absolute Gasteiger partial charge is 0.489 e. The first-order valence-corrected chi connectivity index (χ1v) is 5.45. The van der Waals surface area contributed by atoms with Crippen LogP contribution in [0.1, 0.15) is 38.7 Å². The Morgan fingerprint density at radius 1 is 1.33 bits per heavy atom. The average molecular weight is 208 g/mol. The summed E-state index contributed by atoms with van der Waals surface area (Å²) in [7, 11) is 0. The highest BCUT2D eigenvalue weighted by Gasteiger charge is 2.06. The second-order valence-electron chi connectivity index (χ2n) is 4.10. The molecule has 84 valence electrons. The summed E-state index contributed by atoms with van der Waals surface area (Å²) in [6.45, 7) is 6.88. The maximum Gasteiger partial charge on any atom is 0.138 e. The van der Waals surface area contributed by atoms with E-state index >= 15 is 0 Å². The van der Waals surface area contributed by atoms with Crippen molar-refractivity contribution < 1.29 is 4.74 Å². The van der Waals surface area contributed by atoms with E-state index in [1.165, 1.54) is 5.56 Å². The van der Waals surface area contributed by atoms with Crippen LogP contribution in [0.3, 0.4) is 0 Å². The van der Waals surface area contributed by atoms with E-state index in [9.17, 15) is 0 Å². The van der Waals surface area contributed by atoms with Gasteiger partial charge in [0.1, 0.15) is 5.75 Å². The van der Waals surface area contributed by atoms with Gasteiger partial charge >= 0.3 is 0 Å². The van der Waals surface area contributed by atoms with Gasteiger partial charge in [0.25, 0.3) is 0 Å². The van der Waals surface area contributed by atoms with Gasteiger partial charge in [-0.05, 0) is 44.4 Å². The maximum atomic E-state index is 5.59. The zero-order valence-corrected chi connectivity index (χ0v) is 9.73. The summed E-state index contributed by atoms with van der Waals surface area (Å²) < 4.78 is 5.59. The molecule has 0 amide bonds. The van der Waals surface area contributed by atoms with E-state index in [1.807, 2.05) is 26.1 Å². The van der Waals surface area contributed by atoms with E-state index in [0.29, 0.717) is 12.5 Å². The lowest BCUT2D eigenvalue weighted by atomic mass is 10.00. The van der Waals surface area contributed by atoms with Crippen molar-refractivity contribution in [1.82, 2.24) is 4.98 Å². The molecular formula is C12H20N2O. The summed E-state index contributed by atoms with van der Waals surface area (Å²) in [5, 5.41) is 0. The number of pyridine rings is 1. The highest BCUT2D eigenvalue weighted by Crippen LogP contribution is 2.21. The van der Waals surface area contributed by atoms with Gasteiger partial charge in [0, 0.05) is 6.20 Å². The molecule has 1 aromatic heterocycles. The number of nitrogens with two attached hydrogens (primary N) is 1. The lowest BCUT2D eigenvalue weighted by molar-refractivity contribution is 0.241. The average Bonchev–Trinajstić information content (AvgIpc) is 2.17. The zero-order chi connectivity index (χ0) is 11.3. The summed E-state index contributed by atoms with van der Waals surface area (Å²) in [6.07, 6.45) is 4.80. The maximum absolute atomic E-state index is 5.59. The van der Waals surface area contributed by atoms with Gasteiger partial charge in [-0.2, -0.15) is 0 Å². The van der Waals surface area contributed by atoms with E-state index in [2.05, 4.69) is 11.9 Å². The fraction of sp³-hybridized carbons (Fsp3) is 0.583. The predicted octanol–water partition coefficient (Wildman–Crippen LogP) is 2.32. The molecule has 0 spiro atoms.